The highest BCUT2D eigenvalue weighted by Crippen LogP contribution is 2.18. The van der Waals surface area contributed by atoms with Gasteiger partial charge in [-0.3, -0.25) is 14.6 Å². The number of hydrogen-bond donors (Lipinski definition) is 2. The van der Waals surface area contributed by atoms with Crippen LogP contribution in [-0.2, 0) is 9.53 Å². The average Bonchev–Trinajstić information content (AvgIpc) is 2.47. The zero-order chi connectivity index (χ0) is 16.8. The van der Waals surface area contributed by atoms with Crippen molar-refractivity contribution in [2.45, 2.75) is 45.9 Å². The van der Waals surface area contributed by atoms with Crippen molar-refractivity contribution in [1.29, 1.82) is 0 Å². The van der Waals surface area contributed by atoms with E-state index in [9.17, 15) is 4.79 Å². The maximum Gasteiger partial charge on any atom is 0.237 e. The van der Waals surface area contributed by atoms with Gasteiger partial charge in [-0.25, -0.2) is 0 Å². The molecule has 0 aromatic carbocycles. The van der Waals surface area contributed by atoms with Gasteiger partial charge in [-0.05, 0) is 19.8 Å². The predicted molar refractivity (Wildman–Crippen MR) is 92.5 cm³/mol. The maximum absolute atomic E-state index is 12.7. The molecule has 2 heterocycles. The Hall–Kier alpha value is -0.690. The highest BCUT2D eigenvalue weighted by molar-refractivity contribution is 5.82. The van der Waals surface area contributed by atoms with Crippen molar-refractivity contribution in [3.05, 3.63) is 0 Å². The van der Waals surface area contributed by atoms with E-state index in [4.69, 9.17) is 4.74 Å². The van der Waals surface area contributed by atoms with Gasteiger partial charge in [0.2, 0.25) is 5.91 Å². The number of morpholine rings is 1. The minimum absolute atomic E-state index is 0.0631. The third-order valence-corrected chi connectivity index (χ3v) is 4.68. The van der Waals surface area contributed by atoms with Crippen LogP contribution in [0.1, 0.15) is 27.7 Å². The molecule has 2 saturated heterocycles. The Morgan fingerprint density at radius 3 is 2.39 bits per heavy atom. The molecular weight excluding hydrogens is 292 g/mol. The summed E-state index contributed by atoms with van der Waals surface area (Å²) in [6.07, 6.45) is 0.377. The zero-order valence-electron chi connectivity index (χ0n) is 15.2. The minimum Gasteiger partial charge on any atom is -0.373 e. The topological polar surface area (TPSA) is 56.8 Å². The van der Waals surface area contributed by atoms with Crippen LogP contribution in [0.4, 0.5) is 0 Å². The van der Waals surface area contributed by atoms with Crippen LogP contribution in [0.25, 0.3) is 0 Å². The van der Waals surface area contributed by atoms with Crippen LogP contribution in [-0.4, -0.2) is 86.3 Å². The van der Waals surface area contributed by atoms with Crippen LogP contribution >= 0.6 is 0 Å². The summed E-state index contributed by atoms with van der Waals surface area (Å²) >= 11 is 0. The summed E-state index contributed by atoms with van der Waals surface area (Å²) < 4.78 is 5.80. The van der Waals surface area contributed by atoms with E-state index >= 15 is 0 Å². The quantitative estimate of drug-likeness (QED) is 0.727. The molecule has 0 radical (unpaired) electrons. The monoisotopic (exact) mass is 326 g/mol. The standard InChI is InChI=1S/C17H34N4O2/c1-13(2)16(21-11-14(3)23-15(4)12-21)17(22)19-7-10-20-8-5-18-6-9-20/h13-16,18H,5-12H2,1-4H3,(H,19,22). The molecule has 23 heavy (non-hydrogen) atoms. The van der Waals surface area contributed by atoms with Crippen LogP contribution in [0.2, 0.25) is 0 Å². The second kappa shape index (κ2) is 8.97. The molecule has 0 aromatic rings. The van der Waals surface area contributed by atoms with Gasteiger partial charge in [-0.1, -0.05) is 13.8 Å². The maximum atomic E-state index is 12.7. The largest absolute Gasteiger partial charge is 0.373 e. The lowest BCUT2D eigenvalue weighted by Crippen LogP contribution is -2.57. The van der Waals surface area contributed by atoms with Gasteiger partial charge in [0.25, 0.3) is 0 Å². The van der Waals surface area contributed by atoms with Crippen LogP contribution in [0, 0.1) is 5.92 Å². The van der Waals surface area contributed by atoms with Gasteiger partial charge in [0, 0.05) is 52.4 Å². The van der Waals surface area contributed by atoms with Crippen molar-refractivity contribution in [2.24, 2.45) is 5.92 Å². The van der Waals surface area contributed by atoms with E-state index in [1.165, 1.54) is 0 Å². The summed E-state index contributed by atoms with van der Waals surface area (Å²) in [6, 6.07) is -0.0631. The molecule has 134 valence electrons. The van der Waals surface area contributed by atoms with Crippen LogP contribution in [0.3, 0.4) is 0 Å². The van der Waals surface area contributed by atoms with Crippen molar-refractivity contribution < 1.29 is 9.53 Å². The molecule has 6 heteroatoms. The van der Waals surface area contributed by atoms with E-state index in [0.29, 0.717) is 5.92 Å². The Bertz CT molecular complexity index is 362. The molecule has 0 aliphatic carbocycles. The molecule has 0 aromatic heterocycles. The van der Waals surface area contributed by atoms with Gasteiger partial charge in [0.15, 0.2) is 0 Å². The lowest BCUT2D eigenvalue weighted by Gasteiger charge is -2.41. The molecule has 6 nitrogen and oxygen atoms in total. The molecule has 3 atom stereocenters. The van der Waals surface area contributed by atoms with E-state index in [1.807, 2.05) is 0 Å². The Kier molecular flexibility index (Phi) is 7.27. The number of amides is 1. The number of nitrogens with one attached hydrogen (secondary N) is 2. The normalized spacial score (nSPS) is 28.7. The summed E-state index contributed by atoms with van der Waals surface area (Å²) in [6.45, 7) is 16.0. The molecule has 2 aliphatic heterocycles. The summed E-state index contributed by atoms with van der Waals surface area (Å²) in [5.74, 6) is 0.461. The van der Waals surface area contributed by atoms with Gasteiger partial charge >= 0.3 is 0 Å². The Labute approximate surface area is 140 Å². The second-order valence-electron chi connectivity index (χ2n) is 7.28. The van der Waals surface area contributed by atoms with Crippen molar-refractivity contribution in [3.8, 4) is 0 Å². The molecule has 0 bridgehead atoms. The summed E-state index contributed by atoms with van der Waals surface area (Å²) in [5, 5.41) is 6.51. The van der Waals surface area contributed by atoms with E-state index in [2.05, 4.69) is 48.1 Å². The molecule has 2 rings (SSSR count). The fraction of sp³-hybridized carbons (Fsp3) is 0.941. The van der Waals surface area contributed by atoms with E-state index in [-0.39, 0.29) is 24.2 Å². The van der Waals surface area contributed by atoms with Gasteiger partial charge in [-0.15, -0.1) is 0 Å². The van der Waals surface area contributed by atoms with Crippen molar-refractivity contribution in [3.63, 3.8) is 0 Å². The first kappa shape index (κ1) is 18.6. The van der Waals surface area contributed by atoms with E-state index in [0.717, 1.165) is 52.4 Å². The predicted octanol–water partition coefficient (Wildman–Crippen LogP) is 0.142. The molecule has 3 unspecified atom stereocenters. The number of carbonyl (C=O) groups excluding carboxylic acids is 1. The van der Waals surface area contributed by atoms with Crippen molar-refractivity contribution >= 4 is 5.91 Å². The first-order valence-electron chi connectivity index (χ1n) is 9.07. The highest BCUT2D eigenvalue weighted by atomic mass is 16.5. The lowest BCUT2D eigenvalue weighted by molar-refractivity contribution is -0.135. The van der Waals surface area contributed by atoms with Crippen molar-refractivity contribution in [2.75, 3.05) is 52.4 Å². The zero-order valence-corrected chi connectivity index (χ0v) is 15.2. The van der Waals surface area contributed by atoms with Crippen LogP contribution in [0.5, 0.6) is 0 Å². The molecule has 2 aliphatic rings. The van der Waals surface area contributed by atoms with Gasteiger partial charge in [-0.2, -0.15) is 0 Å². The van der Waals surface area contributed by atoms with E-state index in [1.54, 1.807) is 0 Å². The number of ether oxygens (including phenoxy) is 1. The Morgan fingerprint density at radius 2 is 1.83 bits per heavy atom. The van der Waals surface area contributed by atoms with Gasteiger partial charge < -0.3 is 15.4 Å². The fourth-order valence-corrected chi connectivity index (χ4v) is 3.71. The van der Waals surface area contributed by atoms with Gasteiger partial charge in [0.1, 0.15) is 0 Å². The number of carbonyl (C=O) groups is 1. The van der Waals surface area contributed by atoms with Crippen molar-refractivity contribution in [1.82, 2.24) is 20.4 Å². The van der Waals surface area contributed by atoms with Crippen LogP contribution in [0.15, 0.2) is 0 Å². The summed E-state index contributed by atoms with van der Waals surface area (Å²) in [7, 11) is 0. The summed E-state index contributed by atoms with van der Waals surface area (Å²) in [4.78, 5) is 17.4. The van der Waals surface area contributed by atoms with Gasteiger partial charge in [0.05, 0.1) is 18.2 Å². The number of nitrogens with zero attached hydrogens (tertiary/aromatic N) is 2. The first-order chi connectivity index (χ1) is 11.0. The minimum atomic E-state index is -0.0631. The number of hydrogen-bond acceptors (Lipinski definition) is 5. The molecule has 2 N–H and O–H groups in total. The third kappa shape index (κ3) is 5.71. The van der Waals surface area contributed by atoms with Crippen LogP contribution < -0.4 is 10.6 Å². The first-order valence-corrected chi connectivity index (χ1v) is 9.07. The second-order valence-corrected chi connectivity index (χ2v) is 7.28. The Morgan fingerprint density at radius 1 is 1.22 bits per heavy atom. The molecule has 0 saturated carbocycles. The summed E-state index contributed by atoms with van der Waals surface area (Å²) in [5.41, 5.74) is 0. The van der Waals surface area contributed by atoms with E-state index < -0.39 is 0 Å². The molecule has 1 amide bonds. The molecular formula is C17H34N4O2. The highest BCUT2D eigenvalue weighted by Gasteiger charge is 2.33. The lowest BCUT2D eigenvalue weighted by atomic mass is 9.99. The average molecular weight is 326 g/mol. The smallest absolute Gasteiger partial charge is 0.237 e. The SMILES string of the molecule is CC1CN(C(C(=O)NCCN2CCNCC2)C(C)C)CC(C)O1. The number of rotatable bonds is 6. The third-order valence-electron chi connectivity index (χ3n) is 4.68. The molecule has 0 spiro atoms. The Balaban J connectivity index is 1.82. The molecule has 2 fully saturated rings. The fourth-order valence-electron chi connectivity index (χ4n) is 3.71. The number of piperazine rings is 1.